The van der Waals surface area contributed by atoms with Gasteiger partial charge in [-0.05, 0) is 26.0 Å². The van der Waals surface area contributed by atoms with Gasteiger partial charge in [0, 0.05) is 18.3 Å². The van der Waals surface area contributed by atoms with Gasteiger partial charge in [-0.3, -0.25) is 4.79 Å². The highest BCUT2D eigenvalue weighted by atomic mass is 16.3. The van der Waals surface area contributed by atoms with Crippen molar-refractivity contribution in [3.63, 3.8) is 0 Å². The third-order valence-electron chi connectivity index (χ3n) is 1.75. The Morgan fingerprint density at radius 1 is 1.64 bits per heavy atom. The van der Waals surface area contributed by atoms with Gasteiger partial charge in [0.2, 0.25) is 0 Å². The number of hydrogen-bond acceptors (Lipinski definition) is 4. The number of aromatic nitrogens is 1. The predicted octanol–water partition coefficient (Wildman–Crippen LogP) is 1.08. The summed E-state index contributed by atoms with van der Waals surface area (Å²) >= 11 is 0. The number of pyridine rings is 1. The molecule has 4 heteroatoms. The Balaban J connectivity index is 2.60. The molecule has 0 saturated heterocycles. The molecule has 1 atom stereocenters. The molecule has 0 unspecified atom stereocenters. The number of nitrogens with zero attached hydrogens (tertiary/aromatic N) is 1. The van der Waals surface area contributed by atoms with E-state index >= 15 is 0 Å². The van der Waals surface area contributed by atoms with Crippen molar-refractivity contribution in [2.75, 3.05) is 11.9 Å². The molecule has 0 aliphatic rings. The number of nitrogens with one attached hydrogen (secondary N) is 1. The molecule has 14 heavy (non-hydrogen) atoms. The first-order chi connectivity index (χ1) is 6.59. The first-order valence-electron chi connectivity index (χ1n) is 4.48. The maximum Gasteiger partial charge on any atom is 0.161 e. The van der Waals surface area contributed by atoms with Crippen LogP contribution in [0.25, 0.3) is 0 Å². The molecule has 4 nitrogen and oxygen atoms in total. The van der Waals surface area contributed by atoms with Crippen molar-refractivity contribution in [2.45, 2.75) is 20.0 Å². The maximum absolute atomic E-state index is 10.9. The van der Waals surface area contributed by atoms with Crippen molar-refractivity contribution in [3.8, 4) is 0 Å². The molecule has 2 N–H and O–H groups in total. The second-order valence-corrected chi connectivity index (χ2v) is 3.22. The second-order valence-electron chi connectivity index (χ2n) is 3.22. The molecule has 1 aromatic heterocycles. The van der Waals surface area contributed by atoms with Crippen LogP contribution in [-0.4, -0.2) is 28.5 Å². The number of aliphatic hydroxyl groups excluding tert-OH is 1. The van der Waals surface area contributed by atoms with Gasteiger partial charge < -0.3 is 10.4 Å². The lowest BCUT2D eigenvalue weighted by Crippen LogP contribution is -2.16. The van der Waals surface area contributed by atoms with E-state index in [1.807, 2.05) is 0 Å². The van der Waals surface area contributed by atoms with E-state index in [9.17, 15) is 4.79 Å². The minimum Gasteiger partial charge on any atom is -0.392 e. The minimum absolute atomic E-state index is 0.000392. The fraction of sp³-hybridized carbons (Fsp3) is 0.400. The predicted molar refractivity (Wildman–Crippen MR) is 54.4 cm³/mol. The van der Waals surface area contributed by atoms with Gasteiger partial charge in [0.15, 0.2) is 5.78 Å². The molecule has 0 radical (unpaired) electrons. The zero-order valence-corrected chi connectivity index (χ0v) is 8.32. The smallest absolute Gasteiger partial charge is 0.161 e. The van der Waals surface area contributed by atoms with E-state index in [0.717, 1.165) is 0 Å². The van der Waals surface area contributed by atoms with Crippen molar-refractivity contribution < 1.29 is 9.90 Å². The zero-order chi connectivity index (χ0) is 10.6. The van der Waals surface area contributed by atoms with Gasteiger partial charge in [-0.15, -0.1) is 0 Å². The number of anilines is 1. The summed E-state index contributed by atoms with van der Waals surface area (Å²) in [5.74, 6) is 0.662. The van der Waals surface area contributed by atoms with E-state index < -0.39 is 6.10 Å². The summed E-state index contributed by atoms with van der Waals surface area (Å²) in [6.45, 7) is 3.64. The molecule has 0 aliphatic heterocycles. The first kappa shape index (κ1) is 10.7. The largest absolute Gasteiger partial charge is 0.392 e. The van der Waals surface area contributed by atoms with E-state index in [2.05, 4.69) is 10.3 Å². The van der Waals surface area contributed by atoms with Gasteiger partial charge in [-0.2, -0.15) is 0 Å². The summed E-state index contributed by atoms with van der Waals surface area (Å²) in [5, 5.41) is 11.9. The molecule has 0 amide bonds. The highest BCUT2D eigenvalue weighted by molar-refractivity contribution is 5.93. The molecule has 0 bridgehead atoms. The van der Waals surface area contributed by atoms with Gasteiger partial charge in [0.05, 0.1) is 6.10 Å². The second kappa shape index (κ2) is 4.72. The number of carbonyl (C=O) groups is 1. The van der Waals surface area contributed by atoms with E-state index in [0.29, 0.717) is 17.9 Å². The SMILES string of the molecule is CC(=O)c1ccc(NC[C@@H](C)O)nc1. The molecule has 76 valence electrons. The third kappa shape index (κ3) is 3.14. The van der Waals surface area contributed by atoms with E-state index in [4.69, 9.17) is 5.11 Å². The molecular formula is C10H14N2O2. The normalized spacial score (nSPS) is 12.2. The molecule has 1 aromatic rings. The Labute approximate surface area is 83.0 Å². The topological polar surface area (TPSA) is 62.2 Å². The average Bonchev–Trinajstić information content (AvgIpc) is 2.15. The Morgan fingerprint density at radius 3 is 2.79 bits per heavy atom. The van der Waals surface area contributed by atoms with Gasteiger partial charge in [0.1, 0.15) is 5.82 Å². The van der Waals surface area contributed by atoms with Gasteiger partial charge >= 0.3 is 0 Å². The van der Waals surface area contributed by atoms with Crippen LogP contribution >= 0.6 is 0 Å². The lowest BCUT2D eigenvalue weighted by Gasteiger charge is -2.07. The number of hydrogen-bond donors (Lipinski definition) is 2. The van der Waals surface area contributed by atoms with Crippen LogP contribution in [0.2, 0.25) is 0 Å². The molecule has 0 fully saturated rings. The number of Topliss-reactive ketones (excluding diaryl/α,β-unsaturated/α-hetero) is 1. The maximum atomic E-state index is 10.9. The summed E-state index contributed by atoms with van der Waals surface area (Å²) in [5.41, 5.74) is 0.590. The summed E-state index contributed by atoms with van der Waals surface area (Å²) in [4.78, 5) is 15.0. The van der Waals surface area contributed by atoms with Crippen LogP contribution in [0.5, 0.6) is 0 Å². The molecule has 0 aromatic carbocycles. The third-order valence-corrected chi connectivity index (χ3v) is 1.75. The molecule has 0 aliphatic carbocycles. The Hall–Kier alpha value is -1.42. The van der Waals surface area contributed by atoms with Crippen molar-refractivity contribution in [2.24, 2.45) is 0 Å². The zero-order valence-electron chi connectivity index (χ0n) is 8.32. The number of rotatable bonds is 4. The van der Waals surface area contributed by atoms with Crippen LogP contribution in [0.4, 0.5) is 5.82 Å². The van der Waals surface area contributed by atoms with Crippen LogP contribution in [0.15, 0.2) is 18.3 Å². The molecule has 0 spiro atoms. The Morgan fingerprint density at radius 2 is 2.36 bits per heavy atom. The first-order valence-corrected chi connectivity index (χ1v) is 4.48. The molecule has 1 heterocycles. The standard InChI is InChI=1S/C10H14N2O2/c1-7(13)5-11-10-4-3-9(6-12-10)8(2)14/h3-4,6-7,13H,5H2,1-2H3,(H,11,12)/t7-/m1/s1. The number of carbonyl (C=O) groups excluding carboxylic acids is 1. The summed E-state index contributed by atoms with van der Waals surface area (Å²) in [7, 11) is 0. The number of ketones is 1. The lowest BCUT2D eigenvalue weighted by atomic mass is 10.2. The van der Waals surface area contributed by atoms with Gasteiger partial charge in [-0.1, -0.05) is 0 Å². The lowest BCUT2D eigenvalue weighted by molar-refractivity contribution is 0.101. The van der Waals surface area contributed by atoms with Crippen molar-refractivity contribution in [1.29, 1.82) is 0 Å². The Bertz CT molecular complexity index is 306. The van der Waals surface area contributed by atoms with Crippen LogP contribution in [0.3, 0.4) is 0 Å². The quantitative estimate of drug-likeness (QED) is 0.704. The fourth-order valence-electron chi connectivity index (χ4n) is 0.959. The fourth-order valence-corrected chi connectivity index (χ4v) is 0.959. The van der Waals surface area contributed by atoms with Gasteiger partial charge in [-0.25, -0.2) is 4.98 Å². The van der Waals surface area contributed by atoms with Crippen LogP contribution in [-0.2, 0) is 0 Å². The summed E-state index contributed by atoms with van der Waals surface area (Å²) < 4.78 is 0. The van der Waals surface area contributed by atoms with Crippen molar-refractivity contribution in [1.82, 2.24) is 4.98 Å². The summed E-state index contributed by atoms with van der Waals surface area (Å²) in [6, 6.07) is 3.43. The highest BCUT2D eigenvalue weighted by Crippen LogP contribution is 2.05. The Kier molecular flexibility index (Phi) is 3.59. The van der Waals surface area contributed by atoms with Crippen molar-refractivity contribution >= 4 is 11.6 Å². The van der Waals surface area contributed by atoms with Crippen LogP contribution in [0, 0.1) is 0 Å². The average molecular weight is 194 g/mol. The van der Waals surface area contributed by atoms with E-state index in [1.165, 1.54) is 13.1 Å². The molecular weight excluding hydrogens is 180 g/mol. The van der Waals surface area contributed by atoms with Crippen molar-refractivity contribution in [3.05, 3.63) is 23.9 Å². The van der Waals surface area contributed by atoms with Crippen LogP contribution < -0.4 is 5.32 Å². The molecule has 1 rings (SSSR count). The molecule has 0 saturated carbocycles. The summed E-state index contributed by atoms with van der Waals surface area (Å²) in [6.07, 6.45) is 1.11. The van der Waals surface area contributed by atoms with Gasteiger partial charge in [0.25, 0.3) is 0 Å². The number of aliphatic hydroxyl groups is 1. The van der Waals surface area contributed by atoms with Crippen LogP contribution in [0.1, 0.15) is 24.2 Å². The van der Waals surface area contributed by atoms with E-state index in [1.54, 1.807) is 19.1 Å². The highest BCUT2D eigenvalue weighted by Gasteiger charge is 2.00. The monoisotopic (exact) mass is 194 g/mol. The van der Waals surface area contributed by atoms with E-state index in [-0.39, 0.29) is 5.78 Å². The minimum atomic E-state index is -0.413.